The van der Waals surface area contributed by atoms with Gasteiger partial charge in [0.25, 0.3) is 0 Å². The number of carboxylic acid groups (broad SMARTS) is 1. The fourth-order valence-corrected chi connectivity index (χ4v) is 4.07. The lowest BCUT2D eigenvalue weighted by atomic mass is 9.85. The molecule has 2 aliphatic heterocycles. The molecule has 2 aliphatic rings. The van der Waals surface area contributed by atoms with E-state index in [-0.39, 0.29) is 26.2 Å². The molecule has 0 aliphatic carbocycles. The van der Waals surface area contributed by atoms with E-state index in [1.807, 2.05) is 39.0 Å². The van der Waals surface area contributed by atoms with E-state index in [9.17, 15) is 19.5 Å². The van der Waals surface area contributed by atoms with Crippen LogP contribution in [0, 0.1) is 5.41 Å². The largest absolute Gasteiger partial charge is 0.480 e. The molecule has 1 aromatic rings. The molecule has 0 spiro atoms. The molecule has 9 nitrogen and oxygen atoms in total. The number of amides is 2. The summed E-state index contributed by atoms with van der Waals surface area (Å²) in [6.07, 6.45) is 2.40. The first kappa shape index (κ1) is 24.0. The van der Waals surface area contributed by atoms with Gasteiger partial charge in [-0.25, -0.2) is 9.59 Å². The number of rotatable bonds is 1. The minimum atomic E-state index is -1.09. The molecule has 9 heteroatoms. The van der Waals surface area contributed by atoms with Gasteiger partial charge in [0.2, 0.25) is 5.91 Å². The maximum absolute atomic E-state index is 13.4. The molecule has 32 heavy (non-hydrogen) atoms. The van der Waals surface area contributed by atoms with Gasteiger partial charge in [-0.3, -0.25) is 9.78 Å². The second-order valence-corrected chi connectivity index (χ2v) is 9.52. The Kier molecular flexibility index (Phi) is 7.71. The summed E-state index contributed by atoms with van der Waals surface area (Å²) in [6, 6.07) is 3.84. The van der Waals surface area contributed by atoms with Gasteiger partial charge >= 0.3 is 12.1 Å². The number of aliphatic carboxylic acids is 1. The van der Waals surface area contributed by atoms with Crippen molar-refractivity contribution < 1.29 is 29.0 Å². The summed E-state index contributed by atoms with van der Waals surface area (Å²) >= 11 is 0. The molecule has 3 heterocycles. The maximum atomic E-state index is 13.4. The maximum Gasteiger partial charge on any atom is 0.407 e. The quantitative estimate of drug-likeness (QED) is 0.679. The highest BCUT2D eigenvalue weighted by Crippen LogP contribution is 2.27. The lowest BCUT2D eigenvalue weighted by Crippen LogP contribution is -2.56. The number of hydrogen-bond acceptors (Lipinski definition) is 6. The van der Waals surface area contributed by atoms with Crippen LogP contribution in [-0.4, -0.2) is 64.3 Å². The number of carbonyl (C=O) groups excluding carboxylic acids is 2. The van der Waals surface area contributed by atoms with Gasteiger partial charge in [0.15, 0.2) is 0 Å². The van der Waals surface area contributed by atoms with Crippen LogP contribution in [0.25, 0.3) is 0 Å². The monoisotopic (exact) mass is 447 g/mol. The van der Waals surface area contributed by atoms with Crippen molar-refractivity contribution in [1.29, 1.82) is 0 Å². The van der Waals surface area contributed by atoms with E-state index in [0.29, 0.717) is 6.42 Å². The van der Waals surface area contributed by atoms with Crippen LogP contribution >= 0.6 is 0 Å². The molecular weight excluding hydrogens is 414 g/mol. The van der Waals surface area contributed by atoms with Crippen molar-refractivity contribution in [2.24, 2.45) is 5.41 Å². The molecule has 3 rings (SSSR count). The summed E-state index contributed by atoms with van der Waals surface area (Å²) in [5.74, 6) is -1.54. The van der Waals surface area contributed by atoms with Gasteiger partial charge in [-0.1, -0.05) is 26.8 Å². The van der Waals surface area contributed by atoms with Crippen molar-refractivity contribution in [3.63, 3.8) is 0 Å². The predicted molar refractivity (Wildman–Crippen MR) is 116 cm³/mol. The molecule has 3 atom stereocenters. The number of cyclic esters (lactones) is 1. The van der Waals surface area contributed by atoms with Gasteiger partial charge in [0.05, 0.1) is 25.0 Å². The molecule has 1 aromatic heterocycles. The van der Waals surface area contributed by atoms with Gasteiger partial charge in [-0.15, -0.1) is 0 Å². The van der Waals surface area contributed by atoms with E-state index in [1.54, 1.807) is 0 Å². The van der Waals surface area contributed by atoms with Crippen LogP contribution in [-0.2, 0) is 32.1 Å². The van der Waals surface area contributed by atoms with E-state index in [1.165, 1.54) is 4.90 Å². The first-order valence-corrected chi connectivity index (χ1v) is 11.2. The van der Waals surface area contributed by atoms with Gasteiger partial charge in [0, 0.05) is 18.7 Å². The van der Waals surface area contributed by atoms with E-state index in [0.717, 1.165) is 30.7 Å². The number of carboxylic acids is 1. The Bertz CT molecular complexity index is 837. The molecule has 0 aromatic carbocycles. The topological polar surface area (TPSA) is 118 Å². The zero-order valence-electron chi connectivity index (χ0n) is 19.0. The highest BCUT2D eigenvalue weighted by atomic mass is 16.5. The Labute approximate surface area is 188 Å². The van der Waals surface area contributed by atoms with E-state index < -0.39 is 41.6 Å². The first-order valence-electron chi connectivity index (χ1n) is 11.2. The summed E-state index contributed by atoms with van der Waals surface area (Å²) in [5, 5.41) is 12.4. The summed E-state index contributed by atoms with van der Waals surface area (Å²) in [7, 11) is 0. The van der Waals surface area contributed by atoms with Crippen LogP contribution in [0.3, 0.4) is 0 Å². The second-order valence-electron chi connectivity index (χ2n) is 9.52. The minimum absolute atomic E-state index is 0.138. The van der Waals surface area contributed by atoms with E-state index in [4.69, 9.17) is 9.47 Å². The van der Waals surface area contributed by atoms with E-state index in [2.05, 4.69) is 10.3 Å². The standard InChI is InChI=1S/C23H33N3O6/c1-23(2,3)19-20(27)26-13-17(12-18(26)21(28)29)32-14-16-10-7-9-15(24-16)8-5-4-6-11-31-22(30)25-19/h7,9-10,17-19H,4-6,8,11-14H2,1-3H3,(H,25,30)(H,28,29)/t17-,18+,19-/m1/s1. The summed E-state index contributed by atoms with van der Waals surface area (Å²) in [5.41, 5.74) is 1.11. The number of carbonyl (C=O) groups is 3. The summed E-state index contributed by atoms with van der Waals surface area (Å²) in [6.45, 7) is 6.10. The Hall–Kier alpha value is -2.68. The predicted octanol–water partition coefficient (Wildman–Crippen LogP) is 2.52. The molecule has 2 amide bonds. The average molecular weight is 448 g/mol. The normalized spacial score (nSPS) is 26.0. The average Bonchev–Trinajstić information content (AvgIpc) is 3.16. The number of aryl methyl sites for hydroxylation is 1. The third kappa shape index (κ3) is 6.18. The van der Waals surface area contributed by atoms with Crippen LogP contribution in [0.1, 0.15) is 57.8 Å². The second kappa shape index (κ2) is 10.3. The van der Waals surface area contributed by atoms with Crippen LogP contribution in [0.4, 0.5) is 4.79 Å². The zero-order chi connectivity index (χ0) is 23.3. The molecule has 0 unspecified atom stereocenters. The van der Waals surface area contributed by atoms with Crippen molar-refractivity contribution in [1.82, 2.24) is 15.2 Å². The highest BCUT2D eigenvalue weighted by Gasteiger charge is 2.45. The van der Waals surface area contributed by atoms with Gasteiger partial charge < -0.3 is 24.8 Å². The van der Waals surface area contributed by atoms with Crippen LogP contribution in [0.15, 0.2) is 18.2 Å². The molecular formula is C23H33N3O6. The molecule has 0 radical (unpaired) electrons. The van der Waals surface area contributed by atoms with Gasteiger partial charge in [-0.2, -0.15) is 0 Å². The molecule has 2 N–H and O–H groups in total. The number of fused-ring (bicyclic) bond motifs is 4. The number of pyridine rings is 1. The number of nitrogens with one attached hydrogen (secondary N) is 1. The number of nitrogens with zero attached hydrogens (tertiary/aromatic N) is 2. The minimum Gasteiger partial charge on any atom is -0.480 e. The third-order valence-corrected chi connectivity index (χ3v) is 5.85. The van der Waals surface area contributed by atoms with Crippen molar-refractivity contribution in [2.75, 3.05) is 13.2 Å². The zero-order valence-corrected chi connectivity index (χ0v) is 19.0. The molecule has 176 valence electrons. The fourth-order valence-electron chi connectivity index (χ4n) is 4.07. The van der Waals surface area contributed by atoms with E-state index >= 15 is 0 Å². The molecule has 4 bridgehead atoms. The SMILES string of the molecule is CC(C)(C)[C@@H]1NC(=O)OCCCCCc2cccc(n2)CO[C@@H]2C[C@@H](C(=O)O)N(C2)C1=O. The number of alkyl carbamates (subject to hydrolysis) is 1. The summed E-state index contributed by atoms with van der Waals surface area (Å²) in [4.78, 5) is 43.5. The number of ether oxygens (including phenoxy) is 2. The van der Waals surface area contributed by atoms with Crippen molar-refractivity contribution in [2.45, 2.75) is 77.7 Å². The van der Waals surface area contributed by atoms with Crippen molar-refractivity contribution >= 4 is 18.0 Å². The molecule has 1 saturated heterocycles. The Balaban J connectivity index is 1.84. The van der Waals surface area contributed by atoms with Crippen molar-refractivity contribution in [3.05, 3.63) is 29.6 Å². The molecule has 1 fully saturated rings. The Morgan fingerprint density at radius 1 is 1.19 bits per heavy atom. The number of hydrogen-bond donors (Lipinski definition) is 2. The van der Waals surface area contributed by atoms with Crippen molar-refractivity contribution in [3.8, 4) is 0 Å². The van der Waals surface area contributed by atoms with Crippen LogP contribution in [0.2, 0.25) is 0 Å². The van der Waals surface area contributed by atoms with Crippen LogP contribution < -0.4 is 5.32 Å². The lowest BCUT2D eigenvalue weighted by Gasteiger charge is -2.34. The lowest BCUT2D eigenvalue weighted by molar-refractivity contribution is -0.150. The van der Waals surface area contributed by atoms with Gasteiger partial charge in [0.1, 0.15) is 12.1 Å². The highest BCUT2D eigenvalue weighted by molar-refractivity contribution is 5.90. The smallest absolute Gasteiger partial charge is 0.407 e. The first-order chi connectivity index (χ1) is 15.1. The van der Waals surface area contributed by atoms with Crippen LogP contribution in [0.5, 0.6) is 0 Å². The Morgan fingerprint density at radius 3 is 2.66 bits per heavy atom. The molecule has 0 saturated carbocycles. The Morgan fingerprint density at radius 2 is 1.94 bits per heavy atom. The summed E-state index contributed by atoms with van der Waals surface area (Å²) < 4.78 is 11.2. The number of aromatic nitrogens is 1. The van der Waals surface area contributed by atoms with Gasteiger partial charge in [-0.05, 0) is 43.2 Å². The third-order valence-electron chi connectivity index (χ3n) is 5.85. The fraction of sp³-hybridized carbons (Fsp3) is 0.652.